The van der Waals surface area contributed by atoms with Gasteiger partial charge in [0.2, 0.25) is 5.91 Å². The van der Waals surface area contributed by atoms with Crippen molar-refractivity contribution in [3.63, 3.8) is 0 Å². The Morgan fingerprint density at radius 3 is 2.84 bits per heavy atom. The predicted molar refractivity (Wildman–Crippen MR) is 77.1 cm³/mol. The van der Waals surface area contributed by atoms with Gasteiger partial charge in [-0.05, 0) is 30.0 Å². The molecule has 1 aromatic rings. The van der Waals surface area contributed by atoms with Gasteiger partial charge in [0, 0.05) is 18.3 Å². The van der Waals surface area contributed by atoms with Gasteiger partial charge in [0.05, 0.1) is 17.8 Å². The first-order valence-corrected chi connectivity index (χ1v) is 6.61. The van der Waals surface area contributed by atoms with Gasteiger partial charge >= 0.3 is 0 Å². The van der Waals surface area contributed by atoms with Gasteiger partial charge in [-0.25, -0.2) is 0 Å². The van der Waals surface area contributed by atoms with Gasteiger partial charge in [0.15, 0.2) is 0 Å². The second kappa shape index (κ2) is 5.48. The van der Waals surface area contributed by atoms with E-state index in [9.17, 15) is 4.79 Å². The fraction of sp³-hybridized carbons (Fsp3) is 0.500. The summed E-state index contributed by atoms with van der Waals surface area (Å²) in [4.78, 5) is 11.4. The second-order valence-electron chi connectivity index (χ2n) is 5.33. The Labute approximate surface area is 113 Å². The van der Waals surface area contributed by atoms with Gasteiger partial charge in [-0.3, -0.25) is 4.79 Å². The molecule has 0 fully saturated rings. The second-order valence-corrected chi connectivity index (χ2v) is 5.33. The van der Waals surface area contributed by atoms with Crippen molar-refractivity contribution in [1.82, 2.24) is 0 Å². The molecule has 0 bridgehead atoms. The molecule has 5 heteroatoms. The maximum absolute atomic E-state index is 11.4. The first-order valence-electron chi connectivity index (χ1n) is 6.61. The first-order chi connectivity index (χ1) is 9.01. The average Bonchev–Trinajstić information content (AvgIpc) is 2.67. The number of aliphatic hydroxyl groups excluding tert-OH is 1. The lowest BCUT2D eigenvalue weighted by Gasteiger charge is -2.24. The first kappa shape index (κ1) is 13.7. The van der Waals surface area contributed by atoms with Gasteiger partial charge in [0.25, 0.3) is 0 Å². The number of nitrogens with two attached hydrogens (primary N) is 1. The largest absolute Gasteiger partial charge is 0.397 e. The van der Waals surface area contributed by atoms with Crippen molar-refractivity contribution in [3.05, 3.63) is 17.7 Å². The molecule has 0 saturated carbocycles. The topological polar surface area (TPSA) is 87.4 Å². The number of hydrogen-bond acceptors (Lipinski definition) is 4. The minimum Gasteiger partial charge on any atom is -0.397 e. The fourth-order valence-corrected chi connectivity index (χ4v) is 2.33. The molecular weight excluding hydrogens is 242 g/mol. The third-order valence-corrected chi connectivity index (χ3v) is 3.49. The SMILES string of the molecule is CC(C)C(CCO)Nc1cc2c(cc1N)CC(=O)N2. The Balaban J connectivity index is 2.21. The van der Waals surface area contributed by atoms with E-state index in [0.29, 0.717) is 24.4 Å². The number of carbonyl (C=O) groups is 1. The summed E-state index contributed by atoms with van der Waals surface area (Å²) in [6.45, 7) is 4.33. The Kier molecular flexibility index (Phi) is 3.95. The number of carbonyl (C=O) groups excluding carboxylic acids is 1. The molecule has 1 aliphatic heterocycles. The quantitative estimate of drug-likeness (QED) is 0.607. The average molecular weight is 263 g/mol. The molecule has 0 spiro atoms. The molecule has 0 aromatic heterocycles. The third kappa shape index (κ3) is 2.98. The van der Waals surface area contributed by atoms with Crippen LogP contribution in [0.15, 0.2) is 12.1 Å². The molecule has 0 saturated heterocycles. The summed E-state index contributed by atoms with van der Waals surface area (Å²) < 4.78 is 0. The lowest BCUT2D eigenvalue weighted by Crippen LogP contribution is -2.27. The zero-order valence-corrected chi connectivity index (χ0v) is 11.4. The summed E-state index contributed by atoms with van der Waals surface area (Å²) >= 11 is 0. The number of anilines is 3. The third-order valence-electron chi connectivity index (χ3n) is 3.49. The maximum Gasteiger partial charge on any atom is 0.228 e. The highest BCUT2D eigenvalue weighted by atomic mass is 16.3. The number of aliphatic hydroxyl groups is 1. The van der Waals surface area contributed by atoms with E-state index in [1.165, 1.54) is 0 Å². The summed E-state index contributed by atoms with van der Waals surface area (Å²) in [5.74, 6) is 0.386. The molecule has 2 rings (SSSR count). The van der Waals surface area contributed by atoms with Gasteiger partial charge in [-0.1, -0.05) is 13.8 Å². The number of amides is 1. The lowest BCUT2D eigenvalue weighted by atomic mass is 10.0. The van der Waals surface area contributed by atoms with Crippen LogP contribution in [0.1, 0.15) is 25.8 Å². The monoisotopic (exact) mass is 263 g/mol. The molecule has 1 aliphatic rings. The summed E-state index contributed by atoms with van der Waals surface area (Å²) in [5, 5.41) is 15.3. The van der Waals surface area contributed by atoms with Crippen molar-refractivity contribution >= 4 is 23.0 Å². The van der Waals surface area contributed by atoms with Crippen LogP contribution in [0.2, 0.25) is 0 Å². The minimum atomic E-state index is 0.00215. The smallest absolute Gasteiger partial charge is 0.228 e. The number of rotatable bonds is 5. The van der Waals surface area contributed by atoms with Gasteiger partial charge in [-0.15, -0.1) is 0 Å². The van der Waals surface area contributed by atoms with Crippen LogP contribution >= 0.6 is 0 Å². The highest BCUT2D eigenvalue weighted by Gasteiger charge is 2.21. The summed E-state index contributed by atoms with van der Waals surface area (Å²) in [6, 6.07) is 3.87. The lowest BCUT2D eigenvalue weighted by molar-refractivity contribution is -0.115. The Morgan fingerprint density at radius 2 is 2.21 bits per heavy atom. The van der Waals surface area contributed by atoms with Crippen LogP contribution < -0.4 is 16.4 Å². The van der Waals surface area contributed by atoms with E-state index in [2.05, 4.69) is 24.5 Å². The molecule has 1 amide bonds. The van der Waals surface area contributed by atoms with Crippen molar-refractivity contribution in [2.24, 2.45) is 5.92 Å². The summed E-state index contributed by atoms with van der Waals surface area (Å²) in [6.07, 6.45) is 1.06. The molecule has 1 atom stereocenters. The summed E-state index contributed by atoms with van der Waals surface area (Å²) in [7, 11) is 0. The molecule has 104 valence electrons. The Morgan fingerprint density at radius 1 is 1.47 bits per heavy atom. The number of fused-ring (bicyclic) bond motifs is 1. The van der Waals surface area contributed by atoms with Gasteiger partial charge < -0.3 is 21.5 Å². The standard InChI is InChI=1S/C14H21N3O2/c1-8(2)11(3-4-18)16-13-7-12-9(5-10(13)15)6-14(19)17-12/h5,7-8,11,16,18H,3-4,6,15H2,1-2H3,(H,17,19). The molecule has 1 aromatic carbocycles. The zero-order chi connectivity index (χ0) is 14.0. The van der Waals surface area contributed by atoms with Crippen LogP contribution in [0.25, 0.3) is 0 Å². The maximum atomic E-state index is 11.4. The highest BCUT2D eigenvalue weighted by Crippen LogP contribution is 2.32. The molecule has 5 nitrogen and oxygen atoms in total. The summed E-state index contributed by atoms with van der Waals surface area (Å²) in [5.41, 5.74) is 9.24. The normalized spacial score (nSPS) is 15.3. The Bertz CT molecular complexity index is 486. The highest BCUT2D eigenvalue weighted by molar-refractivity contribution is 6.00. The molecular formula is C14H21N3O2. The van der Waals surface area contributed by atoms with Crippen LogP contribution in [0.5, 0.6) is 0 Å². The van der Waals surface area contributed by atoms with Gasteiger partial charge in [0.1, 0.15) is 0 Å². The van der Waals surface area contributed by atoms with E-state index in [0.717, 1.165) is 16.9 Å². The number of hydrogen-bond donors (Lipinski definition) is 4. The number of nitrogen functional groups attached to an aromatic ring is 1. The van der Waals surface area contributed by atoms with Crippen LogP contribution in [0, 0.1) is 5.92 Å². The molecule has 1 heterocycles. The molecule has 0 aliphatic carbocycles. The van der Waals surface area contributed by atoms with Crippen LogP contribution in [-0.2, 0) is 11.2 Å². The molecule has 0 radical (unpaired) electrons. The van der Waals surface area contributed by atoms with E-state index in [1.807, 2.05) is 12.1 Å². The van der Waals surface area contributed by atoms with Crippen LogP contribution in [-0.4, -0.2) is 23.7 Å². The minimum absolute atomic E-state index is 0.00215. The number of benzene rings is 1. The van der Waals surface area contributed by atoms with Crippen LogP contribution in [0.4, 0.5) is 17.1 Å². The van der Waals surface area contributed by atoms with Crippen molar-refractivity contribution < 1.29 is 9.90 Å². The van der Waals surface area contributed by atoms with E-state index in [-0.39, 0.29) is 18.6 Å². The van der Waals surface area contributed by atoms with E-state index < -0.39 is 0 Å². The van der Waals surface area contributed by atoms with Crippen molar-refractivity contribution in [2.75, 3.05) is 23.0 Å². The number of nitrogens with one attached hydrogen (secondary N) is 2. The van der Waals surface area contributed by atoms with E-state index >= 15 is 0 Å². The fourth-order valence-electron chi connectivity index (χ4n) is 2.33. The predicted octanol–water partition coefficient (Wildman–Crippen LogP) is 1.58. The van der Waals surface area contributed by atoms with Crippen molar-refractivity contribution in [3.8, 4) is 0 Å². The van der Waals surface area contributed by atoms with Crippen molar-refractivity contribution in [1.29, 1.82) is 0 Å². The van der Waals surface area contributed by atoms with Crippen LogP contribution in [0.3, 0.4) is 0 Å². The zero-order valence-electron chi connectivity index (χ0n) is 11.4. The van der Waals surface area contributed by atoms with E-state index in [1.54, 1.807) is 0 Å². The van der Waals surface area contributed by atoms with E-state index in [4.69, 9.17) is 10.8 Å². The molecule has 1 unspecified atom stereocenters. The van der Waals surface area contributed by atoms with Gasteiger partial charge in [-0.2, -0.15) is 0 Å². The molecule has 5 N–H and O–H groups in total. The van der Waals surface area contributed by atoms with Crippen molar-refractivity contribution in [2.45, 2.75) is 32.7 Å². The Hall–Kier alpha value is -1.75. The molecule has 19 heavy (non-hydrogen) atoms.